The van der Waals surface area contributed by atoms with Gasteiger partial charge in [0.15, 0.2) is 0 Å². The molecule has 3 aromatic rings. The van der Waals surface area contributed by atoms with Gasteiger partial charge in [0.1, 0.15) is 0 Å². The van der Waals surface area contributed by atoms with E-state index in [2.05, 4.69) is 10.0 Å². The van der Waals surface area contributed by atoms with E-state index in [1.807, 2.05) is 30.3 Å². The van der Waals surface area contributed by atoms with Crippen molar-refractivity contribution in [3.63, 3.8) is 0 Å². The molecular weight excluding hydrogens is 392 g/mol. The number of carboxylic acids is 1. The van der Waals surface area contributed by atoms with E-state index in [1.165, 1.54) is 36.4 Å². The lowest BCUT2D eigenvalue weighted by atomic mass is 10.1. The molecule has 0 aliphatic rings. The number of anilines is 1. The molecule has 7 nitrogen and oxygen atoms in total. The van der Waals surface area contributed by atoms with Gasteiger partial charge in [-0.1, -0.05) is 42.5 Å². The first kappa shape index (κ1) is 20.1. The number of hydrogen-bond acceptors (Lipinski definition) is 4. The zero-order valence-electron chi connectivity index (χ0n) is 15.2. The lowest BCUT2D eigenvalue weighted by molar-refractivity contribution is 0.0696. The fourth-order valence-electron chi connectivity index (χ4n) is 2.62. The minimum absolute atomic E-state index is 0.0235. The van der Waals surface area contributed by atoms with E-state index < -0.39 is 21.9 Å². The molecule has 0 saturated heterocycles. The number of sulfonamides is 1. The second kappa shape index (κ2) is 8.57. The molecule has 8 heteroatoms. The number of aromatic carboxylic acids is 1. The Morgan fingerprint density at radius 2 is 1.45 bits per heavy atom. The molecule has 0 aliphatic heterocycles. The van der Waals surface area contributed by atoms with Crippen LogP contribution in [0, 0.1) is 0 Å². The summed E-state index contributed by atoms with van der Waals surface area (Å²) in [6.07, 6.45) is 0. The van der Waals surface area contributed by atoms with Gasteiger partial charge in [-0.3, -0.25) is 9.52 Å². The van der Waals surface area contributed by atoms with Crippen molar-refractivity contribution in [3.05, 3.63) is 95.6 Å². The van der Waals surface area contributed by atoms with Crippen LogP contribution in [0.4, 0.5) is 5.69 Å². The third-order valence-electron chi connectivity index (χ3n) is 4.12. The second-order valence-corrected chi connectivity index (χ2v) is 7.83. The largest absolute Gasteiger partial charge is 0.478 e. The fourth-order valence-corrected chi connectivity index (χ4v) is 3.70. The molecule has 0 bridgehead atoms. The van der Waals surface area contributed by atoms with E-state index >= 15 is 0 Å². The predicted octanol–water partition coefficient (Wildman–Crippen LogP) is 3.12. The smallest absolute Gasteiger partial charge is 0.335 e. The highest BCUT2D eigenvalue weighted by atomic mass is 32.2. The van der Waals surface area contributed by atoms with E-state index in [0.29, 0.717) is 6.54 Å². The molecule has 0 radical (unpaired) electrons. The molecule has 0 unspecified atom stereocenters. The second-order valence-electron chi connectivity index (χ2n) is 6.15. The summed E-state index contributed by atoms with van der Waals surface area (Å²) in [5.41, 5.74) is 1.19. The number of rotatable bonds is 7. The Morgan fingerprint density at radius 3 is 2.10 bits per heavy atom. The van der Waals surface area contributed by atoms with Crippen molar-refractivity contribution in [1.82, 2.24) is 5.32 Å². The minimum atomic E-state index is -4.00. The Morgan fingerprint density at radius 1 is 0.828 bits per heavy atom. The van der Waals surface area contributed by atoms with E-state index in [0.717, 1.165) is 5.56 Å². The summed E-state index contributed by atoms with van der Waals surface area (Å²) in [5.74, 6) is -1.57. The quantitative estimate of drug-likeness (QED) is 0.554. The van der Waals surface area contributed by atoms with E-state index in [1.54, 1.807) is 12.1 Å². The van der Waals surface area contributed by atoms with Gasteiger partial charge in [-0.05, 0) is 42.0 Å². The molecule has 29 heavy (non-hydrogen) atoms. The topological polar surface area (TPSA) is 113 Å². The number of para-hydroxylation sites is 1. The molecule has 0 spiro atoms. The van der Waals surface area contributed by atoms with Crippen LogP contribution in [0.15, 0.2) is 83.8 Å². The highest BCUT2D eigenvalue weighted by Crippen LogP contribution is 2.21. The SMILES string of the molecule is O=C(O)c1ccc(S(=O)(=O)Nc2ccccc2C(=O)NCc2ccccc2)cc1. The third-order valence-corrected chi connectivity index (χ3v) is 5.50. The Bertz CT molecular complexity index is 1130. The number of benzene rings is 3. The summed E-state index contributed by atoms with van der Waals surface area (Å²) < 4.78 is 27.7. The highest BCUT2D eigenvalue weighted by molar-refractivity contribution is 7.92. The van der Waals surface area contributed by atoms with Crippen molar-refractivity contribution in [2.45, 2.75) is 11.4 Å². The Balaban J connectivity index is 1.79. The highest BCUT2D eigenvalue weighted by Gasteiger charge is 2.19. The number of amides is 1. The standard InChI is InChI=1S/C21H18N2O5S/c24-20(22-14-15-6-2-1-3-7-15)18-8-4-5-9-19(18)23-29(27,28)17-12-10-16(11-13-17)21(25)26/h1-13,23H,14H2,(H,22,24)(H,25,26). The number of carbonyl (C=O) groups excluding carboxylic acids is 1. The molecule has 0 heterocycles. The lowest BCUT2D eigenvalue weighted by Crippen LogP contribution is -2.25. The fraction of sp³-hybridized carbons (Fsp3) is 0.0476. The first-order valence-electron chi connectivity index (χ1n) is 8.64. The van der Waals surface area contributed by atoms with Gasteiger partial charge in [-0.15, -0.1) is 0 Å². The first-order chi connectivity index (χ1) is 13.9. The van der Waals surface area contributed by atoms with Crippen LogP contribution in [0.2, 0.25) is 0 Å². The van der Waals surface area contributed by atoms with Crippen LogP contribution in [0.1, 0.15) is 26.3 Å². The maximum Gasteiger partial charge on any atom is 0.335 e. The average Bonchev–Trinajstić information content (AvgIpc) is 2.73. The van der Waals surface area contributed by atoms with Crippen LogP contribution < -0.4 is 10.0 Å². The van der Waals surface area contributed by atoms with Gasteiger partial charge in [-0.25, -0.2) is 13.2 Å². The van der Waals surface area contributed by atoms with Gasteiger partial charge < -0.3 is 10.4 Å². The Labute approximate surface area is 168 Å². The van der Waals surface area contributed by atoms with Gasteiger partial charge >= 0.3 is 5.97 Å². The predicted molar refractivity (Wildman–Crippen MR) is 108 cm³/mol. The van der Waals surface area contributed by atoms with E-state index in [9.17, 15) is 18.0 Å². The molecular formula is C21H18N2O5S. The first-order valence-corrected chi connectivity index (χ1v) is 10.1. The number of nitrogens with one attached hydrogen (secondary N) is 2. The van der Waals surface area contributed by atoms with Crippen molar-refractivity contribution in [2.75, 3.05) is 4.72 Å². The van der Waals surface area contributed by atoms with E-state index in [4.69, 9.17) is 5.11 Å². The van der Waals surface area contributed by atoms with Crippen LogP contribution in [0.3, 0.4) is 0 Å². The zero-order chi connectivity index (χ0) is 20.9. The van der Waals surface area contributed by atoms with Crippen LogP contribution >= 0.6 is 0 Å². The number of hydrogen-bond donors (Lipinski definition) is 3. The normalized spacial score (nSPS) is 10.9. The van der Waals surface area contributed by atoms with Crippen LogP contribution in [-0.2, 0) is 16.6 Å². The summed E-state index contributed by atoms with van der Waals surface area (Å²) in [7, 11) is -4.00. The summed E-state index contributed by atoms with van der Waals surface area (Å²) in [6, 6.07) is 20.4. The van der Waals surface area contributed by atoms with Crippen molar-refractivity contribution in [3.8, 4) is 0 Å². The van der Waals surface area contributed by atoms with Crippen molar-refractivity contribution in [2.24, 2.45) is 0 Å². The van der Waals surface area contributed by atoms with E-state index in [-0.39, 0.29) is 21.7 Å². The number of carboxylic acid groups (broad SMARTS) is 1. The molecule has 1 amide bonds. The average molecular weight is 410 g/mol. The molecule has 3 N–H and O–H groups in total. The van der Waals surface area contributed by atoms with Gasteiger partial charge in [0, 0.05) is 6.54 Å². The van der Waals surface area contributed by atoms with Gasteiger partial charge in [0.05, 0.1) is 21.7 Å². The molecule has 0 fully saturated rings. The summed E-state index contributed by atoms with van der Waals surface area (Å²) in [6.45, 7) is 0.303. The molecule has 0 aliphatic carbocycles. The summed E-state index contributed by atoms with van der Waals surface area (Å²) >= 11 is 0. The van der Waals surface area contributed by atoms with Crippen molar-refractivity contribution < 1.29 is 23.1 Å². The zero-order valence-corrected chi connectivity index (χ0v) is 16.0. The van der Waals surface area contributed by atoms with Gasteiger partial charge in [0.25, 0.3) is 15.9 Å². The van der Waals surface area contributed by atoms with Crippen molar-refractivity contribution >= 4 is 27.6 Å². The molecule has 0 aromatic heterocycles. The summed E-state index contributed by atoms with van der Waals surface area (Å²) in [5, 5.41) is 11.7. The van der Waals surface area contributed by atoms with Gasteiger partial charge in [-0.2, -0.15) is 0 Å². The monoisotopic (exact) mass is 410 g/mol. The molecule has 3 rings (SSSR count). The molecule has 148 valence electrons. The van der Waals surface area contributed by atoms with Crippen LogP contribution in [0.5, 0.6) is 0 Å². The van der Waals surface area contributed by atoms with Crippen LogP contribution in [-0.4, -0.2) is 25.4 Å². The maximum atomic E-state index is 12.6. The van der Waals surface area contributed by atoms with Gasteiger partial charge in [0.2, 0.25) is 0 Å². The maximum absolute atomic E-state index is 12.6. The Hall–Kier alpha value is -3.65. The van der Waals surface area contributed by atoms with Crippen molar-refractivity contribution in [1.29, 1.82) is 0 Å². The third kappa shape index (κ3) is 4.99. The lowest BCUT2D eigenvalue weighted by Gasteiger charge is -2.13. The Kier molecular flexibility index (Phi) is 5.94. The summed E-state index contributed by atoms with van der Waals surface area (Å²) in [4.78, 5) is 23.4. The van der Waals surface area contributed by atoms with Crippen LogP contribution in [0.25, 0.3) is 0 Å². The minimum Gasteiger partial charge on any atom is -0.478 e. The number of carbonyl (C=O) groups is 2. The molecule has 3 aromatic carbocycles. The molecule has 0 atom stereocenters. The molecule has 0 saturated carbocycles.